The van der Waals surface area contributed by atoms with Gasteiger partial charge in [0.1, 0.15) is 11.2 Å². The van der Waals surface area contributed by atoms with Crippen LogP contribution in [0.5, 0.6) is 0 Å². The molecule has 2 rings (SSSR count). The zero-order valence-corrected chi connectivity index (χ0v) is 16.5. The van der Waals surface area contributed by atoms with Gasteiger partial charge in [-0.15, -0.1) is 22.7 Å². The van der Waals surface area contributed by atoms with Crippen LogP contribution in [0.3, 0.4) is 0 Å². The molecule has 0 unspecified atom stereocenters. The molecular formula is C16H19O5PS2. The Labute approximate surface area is 149 Å². The maximum absolute atomic E-state index is 12.4. The van der Waals surface area contributed by atoms with Crippen molar-refractivity contribution in [3.8, 4) is 0 Å². The third-order valence-electron chi connectivity index (χ3n) is 3.26. The first kappa shape index (κ1) is 19.2. The van der Waals surface area contributed by atoms with Crippen LogP contribution in [0.25, 0.3) is 0 Å². The molecule has 130 valence electrons. The number of ketones is 2. The number of rotatable bonds is 8. The average Bonchev–Trinajstić information content (AvgIpc) is 3.17. The monoisotopic (exact) mass is 386 g/mol. The summed E-state index contributed by atoms with van der Waals surface area (Å²) in [5, 5.41) is 3.57. The van der Waals surface area contributed by atoms with Crippen molar-refractivity contribution in [1.82, 2.24) is 0 Å². The molecule has 0 bridgehead atoms. The zero-order chi connectivity index (χ0) is 18.0. The summed E-state index contributed by atoms with van der Waals surface area (Å²) in [5.41, 5.74) is -2.61. The van der Waals surface area contributed by atoms with Gasteiger partial charge in [-0.2, -0.15) is 0 Å². The Morgan fingerprint density at radius 1 is 0.875 bits per heavy atom. The Balaban J connectivity index is 2.04. The minimum Gasteiger partial charge on any atom is -0.296 e. The summed E-state index contributed by atoms with van der Waals surface area (Å²) in [7, 11) is -3.06. The largest absolute Gasteiger partial charge is 0.321 e. The minimum absolute atomic E-state index is 0.276. The van der Waals surface area contributed by atoms with E-state index < -0.39 is 19.5 Å². The molecule has 0 atom stereocenters. The Kier molecular flexibility index (Phi) is 5.94. The molecule has 0 N–H and O–H groups in total. The first-order valence-corrected chi connectivity index (χ1v) is 10.2. The number of carbonyl (C=O) groups excluding carboxylic acids is 2. The van der Waals surface area contributed by atoms with E-state index in [-0.39, 0.29) is 11.6 Å². The zero-order valence-electron chi connectivity index (χ0n) is 13.8. The van der Waals surface area contributed by atoms with Gasteiger partial charge in [-0.05, 0) is 50.6 Å². The lowest BCUT2D eigenvalue weighted by atomic mass is 10.0. The highest BCUT2D eigenvalue weighted by Crippen LogP contribution is 2.39. The predicted octanol–water partition coefficient (Wildman–Crippen LogP) is 4.86. The summed E-state index contributed by atoms with van der Waals surface area (Å²) < 4.78 is 23.0. The molecule has 2 heterocycles. The molecule has 0 aliphatic rings. The highest BCUT2D eigenvalue weighted by molar-refractivity contribution is 7.33. The van der Waals surface area contributed by atoms with Crippen LogP contribution in [0.2, 0.25) is 0 Å². The summed E-state index contributed by atoms with van der Waals surface area (Å²) in [4.78, 5) is 25.8. The maximum Gasteiger partial charge on any atom is 0.321 e. The van der Waals surface area contributed by atoms with Gasteiger partial charge >= 0.3 is 8.25 Å². The second-order valence-corrected chi connectivity index (χ2v) is 8.89. The van der Waals surface area contributed by atoms with E-state index in [2.05, 4.69) is 0 Å². The van der Waals surface area contributed by atoms with Gasteiger partial charge in [0.15, 0.2) is 0 Å². The quantitative estimate of drug-likeness (QED) is 0.479. The van der Waals surface area contributed by atoms with Crippen molar-refractivity contribution in [3.63, 3.8) is 0 Å². The van der Waals surface area contributed by atoms with E-state index in [0.717, 1.165) is 0 Å². The molecule has 2 aromatic rings. The Bertz CT molecular complexity index is 670. The lowest BCUT2D eigenvalue weighted by Gasteiger charge is -2.27. The number of hydrogen-bond acceptors (Lipinski definition) is 7. The molecule has 8 heteroatoms. The third kappa shape index (κ3) is 4.49. The van der Waals surface area contributed by atoms with Gasteiger partial charge in [0, 0.05) is 0 Å². The summed E-state index contributed by atoms with van der Waals surface area (Å²) in [6, 6.07) is 6.88. The number of carbonyl (C=O) groups is 2. The first-order chi connectivity index (χ1) is 11.1. The van der Waals surface area contributed by atoms with Crippen LogP contribution in [0.4, 0.5) is 0 Å². The smallest absolute Gasteiger partial charge is 0.296 e. The van der Waals surface area contributed by atoms with E-state index in [9.17, 15) is 14.2 Å². The van der Waals surface area contributed by atoms with Crippen molar-refractivity contribution in [2.45, 2.75) is 38.9 Å². The van der Waals surface area contributed by atoms with Crippen molar-refractivity contribution in [2.24, 2.45) is 0 Å². The standard InChI is InChI=1S/C16H19O5PS2/c1-15(2,13(17)11-7-5-9-23-11)20-22(19)21-16(3,4)14(18)12-8-6-10-24-12/h5-10,22H,1-4H3. The summed E-state index contributed by atoms with van der Waals surface area (Å²) >= 11 is 2.57. The molecule has 0 radical (unpaired) electrons. The van der Waals surface area contributed by atoms with Crippen LogP contribution in [-0.4, -0.2) is 22.8 Å². The molecule has 0 saturated heterocycles. The molecule has 24 heavy (non-hydrogen) atoms. The Hall–Kier alpha value is -1.11. The van der Waals surface area contributed by atoms with Crippen LogP contribution in [-0.2, 0) is 13.6 Å². The van der Waals surface area contributed by atoms with E-state index in [1.165, 1.54) is 50.4 Å². The van der Waals surface area contributed by atoms with Gasteiger partial charge in [-0.25, -0.2) is 0 Å². The normalized spacial score (nSPS) is 12.5. The molecule has 2 aromatic heterocycles. The highest BCUT2D eigenvalue weighted by atomic mass is 32.1. The van der Waals surface area contributed by atoms with Crippen LogP contribution in [0.15, 0.2) is 35.0 Å². The number of Topliss-reactive ketones (excluding diaryl/α,β-unsaturated/α-hetero) is 2. The van der Waals surface area contributed by atoms with Crippen LogP contribution in [0, 0.1) is 0 Å². The fourth-order valence-corrected chi connectivity index (χ4v) is 4.63. The molecule has 0 amide bonds. The molecule has 0 aromatic carbocycles. The lowest BCUT2D eigenvalue weighted by Crippen LogP contribution is -2.35. The Morgan fingerprint density at radius 3 is 1.54 bits per heavy atom. The third-order valence-corrected chi connectivity index (χ3v) is 6.35. The van der Waals surface area contributed by atoms with Gasteiger partial charge in [0.2, 0.25) is 11.6 Å². The predicted molar refractivity (Wildman–Crippen MR) is 96.6 cm³/mol. The highest BCUT2D eigenvalue weighted by Gasteiger charge is 2.37. The number of thiophene rings is 2. The van der Waals surface area contributed by atoms with Crippen molar-refractivity contribution < 1.29 is 23.2 Å². The average molecular weight is 386 g/mol. The van der Waals surface area contributed by atoms with Crippen molar-refractivity contribution in [2.75, 3.05) is 0 Å². The lowest BCUT2D eigenvalue weighted by molar-refractivity contribution is 0.0347. The fourth-order valence-electron chi connectivity index (χ4n) is 1.94. The van der Waals surface area contributed by atoms with E-state index in [4.69, 9.17) is 9.05 Å². The Morgan fingerprint density at radius 2 is 1.25 bits per heavy atom. The van der Waals surface area contributed by atoms with E-state index in [1.807, 2.05) is 0 Å². The second kappa shape index (κ2) is 7.42. The van der Waals surface area contributed by atoms with Gasteiger partial charge in [0.25, 0.3) is 0 Å². The molecule has 0 saturated carbocycles. The molecule has 0 spiro atoms. The van der Waals surface area contributed by atoms with Crippen molar-refractivity contribution in [1.29, 1.82) is 0 Å². The molecule has 0 fully saturated rings. The molecule has 5 nitrogen and oxygen atoms in total. The van der Waals surface area contributed by atoms with Gasteiger partial charge < -0.3 is 0 Å². The first-order valence-electron chi connectivity index (χ1n) is 7.22. The summed E-state index contributed by atoms with van der Waals surface area (Å²) in [6.45, 7) is 6.15. The minimum atomic E-state index is -3.06. The van der Waals surface area contributed by atoms with Crippen molar-refractivity contribution in [3.05, 3.63) is 44.8 Å². The SMILES string of the molecule is CC(C)(O[PH](=O)OC(C)(C)C(=O)c1cccs1)C(=O)c1cccs1. The molecule has 0 aliphatic carbocycles. The van der Waals surface area contributed by atoms with Crippen LogP contribution >= 0.6 is 30.9 Å². The molecule has 0 aliphatic heterocycles. The van der Waals surface area contributed by atoms with Gasteiger partial charge in [-0.3, -0.25) is 23.2 Å². The van der Waals surface area contributed by atoms with Crippen LogP contribution in [0.1, 0.15) is 47.0 Å². The van der Waals surface area contributed by atoms with E-state index >= 15 is 0 Å². The van der Waals surface area contributed by atoms with Gasteiger partial charge in [-0.1, -0.05) is 12.1 Å². The number of hydrogen-bond donors (Lipinski definition) is 0. The maximum atomic E-state index is 12.4. The second-order valence-electron chi connectivity index (χ2n) is 6.09. The van der Waals surface area contributed by atoms with Gasteiger partial charge in [0.05, 0.1) is 9.75 Å². The topological polar surface area (TPSA) is 69.7 Å². The summed E-state index contributed by atoms with van der Waals surface area (Å²) in [5.74, 6) is -0.552. The van der Waals surface area contributed by atoms with Crippen molar-refractivity contribution >= 4 is 42.5 Å². The van der Waals surface area contributed by atoms with E-state index in [1.54, 1.807) is 35.0 Å². The molecular weight excluding hydrogens is 367 g/mol. The van der Waals surface area contributed by atoms with E-state index in [0.29, 0.717) is 9.75 Å². The fraction of sp³-hybridized carbons (Fsp3) is 0.375. The summed E-state index contributed by atoms with van der Waals surface area (Å²) in [6.07, 6.45) is 0. The van der Waals surface area contributed by atoms with Crippen LogP contribution < -0.4 is 0 Å².